The minimum Gasteiger partial charge on any atom is -0.455 e. The average molecular weight is 322 g/mol. The predicted molar refractivity (Wildman–Crippen MR) is 92.8 cm³/mol. The molecule has 5 heteroatoms. The van der Waals surface area contributed by atoms with Crippen LogP contribution in [0.15, 0.2) is 60.8 Å². The molecule has 0 unspecified atom stereocenters. The first-order valence-electron chi connectivity index (χ1n) is 7.67. The molecule has 0 fully saturated rings. The standard InChI is InChI=1S/C19H18N2O3/c1-21(15-7-3-2-4-8-15)18(22)13-24-19(23)11-14-12-20-17-10-6-5-9-16(14)17/h2-10,12,20H,11,13H2,1H3. The van der Waals surface area contributed by atoms with Crippen LogP contribution in [-0.2, 0) is 20.7 Å². The fourth-order valence-electron chi connectivity index (χ4n) is 2.52. The zero-order chi connectivity index (χ0) is 16.9. The van der Waals surface area contributed by atoms with Gasteiger partial charge < -0.3 is 14.6 Å². The topological polar surface area (TPSA) is 62.4 Å². The normalized spacial score (nSPS) is 10.5. The molecule has 1 heterocycles. The van der Waals surface area contributed by atoms with Gasteiger partial charge in [0.15, 0.2) is 6.61 Å². The van der Waals surface area contributed by atoms with Gasteiger partial charge >= 0.3 is 5.97 Å². The molecule has 0 saturated carbocycles. The maximum absolute atomic E-state index is 12.1. The lowest BCUT2D eigenvalue weighted by Gasteiger charge is -2.17. The SMILES string of the molecule is CN(C(=O)COC(=O)Cc1c[nH]c2ccccc12)c1ccccc1. The number of ether oxygens (including phenoxy) is 1. The molecule has 3 aromatic rings. The van der Waals surface area contributed by atoms with Gasteiger partial charge in [0.1, 0.15) is 0 Å². The molecule has 0 aliphatic heterocycles. The summed E-state index contributed by atoms with van der Waals surface area (Å²) in [7, 11) is 1.66. The summed E-state index contributed by atoms with van der Waals surface area (Å²) in [6, 6.07) is 17.0. The molecule has 2 aromatic carbocycles. The summed E-state index contributed by atoms with van der Waals surface area (Å²) in [5.74, 6) is -0.692. The van der Waals surface area contributed by atoms with Crippen molar-refractivity contribution < 1.29 is 14.3 Å². The Bertz CT molecular complexity index is 855. The third-order valence-corrected chi connectivity index (χ3v) is 3.88. The largest absolute Gasteiger partial charge is 0.455 e. The highest BCUT2D eigenvalue weighted by Gasteiger charge is 2.15. The fourth-order valence-corrected chi connectivity index (χ4v) is 2.52. The van der Waals surface area contributed by atoms with Crippen molar-refractivity contribution in [3.8, 4) is 0 Å². The van der Waals surface area contributed by atoms with E-state index >= 15 is 0 Å². The number of nitrogens with one attached hydrogen (secondary N) is 1. The van der Waals surface area contributed by atoms with Crippen molar-refractivity contribution in [2.45, 2.75) is 6.42 Å². The molecular formula is C19H18N2O3. The van der Waals surface area contributed by atoms with E-state index in [0.717, 1.165) is 22.2 Å². The smallest absolute Gasteiger partial charge is 0.310 e. The summed E-state index contributed by atoms with van der Waals surface area (Å²) in [6.45, 7) is -0.271. The van der Waals surface area contributed by atoms with Crippen molar-refractivity contribution in [1.82, 2.24) is 4.98 Å². The first kappa shape index (κ1) is 15.8. The second-order valence-electron chi connectivity index (χ2n) is 5.49. The van der Waals surface area contributed by atoms with Crippen LogP contribution >= 0.6 is 0 Å². The second-order valence-corrected chi connectivity index (χ2v) is 5.49. The third kappa shape index (κ3) is 3.46. The Morgan fingerprint density at radius 1 is 1.04 bits per heavy atom. The first-order valence-corrected chi connectivity index (χ1v) is 7.67. The molecule has 1 N–H and O–H groups in total. The summed E-state index contributed by atoms with van der Waals surface area (Å²) in [5.41, 5.74) is 2.59. The quantitative estimate of drug-likeness (QED) is 0.735. The van der Waals surface area contributed by atoms with E-state index in [-0.39, 0.29) is 18.9 Å². The van der Waals surface area contributed by atoms with E-state index < -0.39 is 5.97 Å². The molecule has 0 saturated heterocycles. The summed E-state index contributed by atoms with van der Waals surface area (Å²) >= 11 is 0. The minimum absolute atomic E-state index is 0.131. The van der Waals surface area contributed by atoms with E-state index in [1.807, 2.05) is 54.6 Å². The average Bonchev–Trinajstić information content (AvgIpc) is 3.03. The van der Waals surface area contributed by atoms with Crippen molar-refractivity contribution in [2.24, 2.45) is 0 Å². The number of likely N-dealkylation sites (N-methyl/N-ethyl adjacent to an activating group) is 1. The highest BCUT2D eigenvalue weighted by atomic mass is 16.5. The number of anilines is 1. The number of hydrogen-bond donors (Lipinski definition) is 1. The number of amides is 1. The minimum atomic E-state index is -0.422. The number of carbonyl (C=O) groups is 2. The Balaban J connectivity index is 1.57. The Kier molecular flexibility index (Phi) is 4.61. The van der Waals surface area contributed by atoms with Crippen molar-refractivity contribution in [3.63, 3.8) is 0 Å². The first-order chi connectivity index (χ1) is 11.6. The van der Waals surface area contributed by atoms with Crippen LogP contribution in [0.1, 0.15) is 5.56 Å². The van der Waals surface area contributed by atoms with Gasteiger partial charge in [0, 0.05) is 29.8 Å². The number of rotatable bonds is 5. The number of benzene rings is 2. The van der Waals surface area contributed by atoms with E-state index in [2.05, 4.69) is 4.98 Å². The van der Waals surface area contributed by atoms with Crippen LogP contribution in [0.2, 0.25) is 0 Å². The molecule has 0 spiro atoms. The fraction of sp³-hybridized carbons (Fsp3) is 0.158. The second kappa shape index (κ2) is 7.00. The maximum atomic E-state index is 12.1. The van der Waals surface area contributed by atoms with Crippen molar-refractivity contribution in [1.29, 1.82) is 0 Å². The van der Waals surface area contributed by atoms with E-state index in [4.69, 9.17) is 4.74 Å². The Hall–Kier alpha value is -3.08. The number of fused-ring (bicyclic) bond motifs is 1. The Labute approximate surface area is 139 Å². The zero-order valence-corrected chi connectivity index (χ0v) is 13.4. The number of hydrogen-bond acceptors (Lipinski definition) is 3. The van der Waals surface area contributed by atoms with Gasteiger partial charge in [-0.15, -0.1) is 0 Å². The van der Waals surface area contributed by atoms with Crippen LogP contribution in [0.3, 0.4) is 0 Å². The van der Waals surface area contributed by atoms with Crippen molar-refractivity contribution >= 4 is 28.5 Å². The van der Waals surface area contributed by atoms with E-state index in [0.29, 0.717) is 0 Å². The molecule has 0 aliphatic carbocycles. The van der Waals surface area contributed by atoms with Crippen LogP contribution in [-0.4, -0.2) is 30.5 Å². The van der Waals surface area contributed by atoms with Crippen molar-refractivity contribution in [2.75, 3.05) is 18.6 Å². The van der Waals surface area contributed by atoms with Crippen LogP contribution in [0.4, 0.5) is 5.69 Å². The molecule has 0 radical (unpaired) electrons. The lowest BCUT2D eigenvalue weighted by atomic mass is 10.1. The van der Waals surface area contributed by atoms with Gasteiger partial charge in [-0.1, -0.05) is 36.4 Å². The number of aromatic nitrogens is 1. The van der Waals surface area contributed by atoms with Crippen LogP contribution in [0.5, 0.6) is 0 Å². The Morgan fingerprint density at radius 2 is 1.75 bits per heavy atom. The van der Waals surface area contributed by atoms with Gasteiger partial charge in [0.2, 0.25) is 0 Å². The molecule has 1 aromatic heterocycles. The summed E-state index contributed by atoms with van der Waals surface area (Å²) < 4.78 is 5.12. The van der Waals surface area contributed by atoms with E-state index in [1.54, 1.807) is 13.2 Å². The van der Waals surface area contributed by atoms with Crippen LogP contribution in [0, 0.1) is 0 Å². The number of H-pyrrole nitrogens is 1. The molecule has 3 rings (SSSR count). The monoisotopic (exact) mass is 322 g/mol. The highest BCUT2D eigenvalue weighted by Crippen LogP contribution is 2.18. The Morgan fingerprint density at radius 3 is 2.54 bits per heavy atom. The lowest BCUT2D eigenvalue weighted by Crippen LogP contribution is -2.31. The lowest BCUT2D eigenvalue weighted by molar-refractivity contribution is -0.147. The predicted octanol–water partition coefficient (Wildman–Crippen LogP) is 2.92. The van der Waals surface area contributed by atoms with Gasteiger partial charge in [-0.3, -0.25) is 9.59 Å². The molecule has 0 bridgehead atoms. The number of nitrogens with zero attached hydrogens (tertiary/aromatic N) is 1. The number of esters is 1. The van der Waals surface area contributed by atoms with Crippen LogP contribution < -0.4 is 4.90 Å². The van der Waals surface area contributed by atoms with Gasteiger partial charge in [0.25, 0.3) is 5.91 Å². The molecular weight excluding hydrogens is 304 g/mol. The maximum Gasteiger partial charge on any atom is 0.310 e. The number of aromatic amines is 1. The van der Waals surface area contributed by atoms with Gasteiger partial charge in [-0.05, 0) is 23.8 Å². The van der Waals surface area contributed by atoms with Gasteiger partial charge in [0.05, 0.1) is 6.42 Å². The van der Waals surface area contributed by atoms with Gasteiger partial charge in [-0.2, -0.15) is 0 Å². The summed E-state index contributed by atoms with van der Waals surface area (Å²) in [5, 5.41) is 0.988. The molecule has 5 nitrogen and oxygen atoms in total. The van der Waals surface area contributed by atoms with Crippen molar-refractivity contribution in [3.05, 3.63) is 66.4 Å². The zero-order valence-electron chi connectivity index (χ0n) is 13.4. The van der Waals surface area contributed by atoms with Crippen LogP contribution in [0.25, 0.3) is 10.9 Å². The van der Waals surface area contributed by atoms with E-state index in [1.165, 1.54) is 4.90 Å². The number of para-hydroxylation sites is 2. The number of carbonyl (C=O) groups excluding carboxylic acids is 2. The third-order valence-electron chi connectivity index (χ3n) is 3.88. The molecule has 122 valence electrons. The highest BCUT2D eigenvalue weighted by molar-refractivity contribution is 5.95. The molecule has 0 atom stereocenters. The molecule has 0 aliphatic rings. The summed E-state index contributed by atoms with van der Waals surface area (Å²) in [4.78, 5) is 28.7. The van der Waals surface area contributed by atoms with Gasteiger partial charge in [-0.25, -0.2) is 0 Å². The molecule has 1 amide bonds. The summed E-state index contributed by atoms with van der Waals surface area (Å²) in [6.07, 6.45) is 1.93. The molecule has 24 heavy (non-hydrogen) atoms. The van der Waals surface area contributed by atoms with E-state index in [9.17, 15) is 9.59 Å².